The van der Waals surface area contributed by atoms with Crippen LogP contribution < -0.4 is 5.84 Å². The van der Waals surface area contributed by atoms with Crippen molar-refractivity contribution in [1.82, 2.24) is 5.01 Å². The molecular formula is C14H12N2O4. The zero-order chi connectivity index (χ0) is 14.7. The Morgan fingerprint density at radius 3 is 1.50 bits per heavy atom. The van der Waals surface area contributed by atoms with E-state index < -0.39 is 11.8 Å². The molecule has 0 spiro atoms. The topological polar surface area (TPSA) is 104 Å². The van der Waals surface area contributed by atoms with Crippen molar-refractivity contribution in [3.8, 4) is 11.5 Å². The first kappa shape index (κ1) is 13.6. The smallest absolute Gasteiger partial charge is 0.278 e. The molecule has 6 heteroatoms. The second kappa shape index (κ2) is 5.41. The van der Waals surface area contributed by atoms with Gasteiger partial charge in [-0.05, 0) is 24.3 Å². The van der Waals surface area contributed by atoms with Gasteiger partial charge in [-0.15, -0.1) is 0 Å². The summed E-state index contributed by atoms with van der Waals surface area (Å²) < 4.78 is 0. The van der Waals surface area contributed by atoms with Crippen molar-refractivity contribution in [1.29, 1.82) is 0 Å². The van der Waals surface area contributed by atoms with Crippen molar-refractivity contribution in [3.05, 3.63) is 59.7 Å². The van der Waals surface area contributed by atoms with Crippen LogP contribution in [0.5, 0.6) is 11.5 Å². The number of hydrogen-bond donors (Lipinski definition) is 3. The van der Waals surface area contributed by atoms with E-state index in [0.717, 1.165) is 0 Å². The van der Waals surface area contributed by atoms with Crippen molar-refractivity contribution < 1.29 is 19.8 Å². The number of nitrogens with zero attached hydrogens (tertiary/aromatic N) is 1. The second-order valence-corrected chi connectivity index (χ2v) is 4.01. The molecular weight excluding hydrogens is 260 g/mol. The first-order valence-electron chi connectivity index (χ1n) is 5.72. The highest BCUT2D eigenvalue weighted by atomic mass is 16.3. The molecule has 0 heterocycles. The molecule has 0 radical (unpaired) electrons. The van der Waals surface area contributed by atoms with Crippen LogP contribution >= 0.6 is 0 Å². The number of amides is 2. The first-order valence-corrected chi connectivity index (χ1v) is 5.72. The second-order valence-electron chi connectivity index (χ2n) is 4.01. The number of imide groups is 1. The van der Waals surface area contributed by atoms with Crippen LogP contribution in [0.1, 0.15) is 20.7 Å². The lowest BCUT2D eigenvalue weighted by Gasteiger charge is -2.16. The predicted molar refractivity (Wildman–Crippen MR) is 70.9 cm³/mol. The number of phenolic OH excluding ortho intramolecular Hbond substituents is 2. The number of phenols is 2. The summed E-state index contributed by atoms with van der Waals surface area (Å²) in [5.41, 5.74) is -0.197. The number of benzene rings is 2. The number of carbonyl (C=O) groups is 2. The molecule has 0 aliphatic heterocycles. The third-order valence-corrected chi connectivity index (χ3v) is 2.71. The van der Waals surface area contributed by atoms with Crippen LogP contribution in [0.2, 0.25) is 0 Å². The van der Waals surface area contributed by atoms with Crippen molar-refractivity contribution in [2.45, 2.75) is 0 Å². The van der Waals surface area contributed by atoms with Crippen LogP contribution in [0.15, 0.2) is 48.5 Å². The van der Waals surface area contributed by atoms with Crippen molar-refractivity contribution in [3.63, 3.8) is 0 Å². The van der Waals surface area contributed by atoms with Crippen LogP contribution in [0.25, 0.3) is 0 Å². The molecule has 102 valence electrons. The Morgan fingerprint density at radius 1 is 0.800 bits per heavy atom. The number of carbonyl (C=O) groups excluding carboxylic acids is 2. The van der Waals surface area contributed by atoms with Crippen LogP contribution in [0.4, 0.5) is 0 Å². The first-order chi connectivity index (χ1) is 9.52. The summed E-state index contributed by atoms with van der Waals surface area (Å²) in [5, 5.41) is 19.5. The standard InChI is InChI=1S/C14H12N2O4/c15-16(13(19)9-5-1-3-7-11(9)17)14(20)10-6-2-4-8-12(10)18/h1-8,17-18H,15H2. The maximum absolute atomic E-state index is 12.0. The van der Waals surface area contributed by atoms with Crippen molar-refractivity contribution in [2.24, 2.45) is 5.84 Å². The summed E-state index contributed by atoms with van der Waals surface area (Å²) in [6.07, 6.45) is 0. The lowest BCUT2D eigenvalue weighted by atomic mass is 10.1. The molecule has 2 amide bonds. The van der Waals surface area contributed by atoms with Gasteiger partial charge in [-0.2, -0.15) is 0 Å². The Labute approximate surface area is 114 Å². The van der Waals surface area contributed by atoms with Crippen LogP contribution in [-0.2, 0) is 0 Å². The summed E-state index contributed by atoms with van der Waals surface area (Å²) in [6, 6.07) is 11.5. The van der Waals surface area contributed by atoms with Gasteiger partial charge >= 0.3 is 0 Å². The SMILES string of the molecule is NN(C(=O)c1ccccc1O)C(=O)c1ccccc1O. The third kappa shape index (κ3) is 2.45. The van der Waals surface area contributed by atoms with Crippen molar-refractivity contribution in [2.75, 3.05) is 0 Å². The number of para-hydroxylation sites is 2. The van der Waals surface area contributed by atoms with Gasteiger partial charge in [0.2, 0.25) is 0 Å². The zero-order valence-corrected chi connectivity index (χ0v) is 10.4. The average Bonchev–Trinajstić information content (AvgIpc) is 2.46. The highest BCUT2D eigenvalue weighted by Crippen LogP contribution is 2.20. The fourth-order valence-electron chi connectivity index (χ4n) is 1.66. The predicted octanol–water partition coefficient (Wildman–Crippen LogP) is 1.25. The van der Waals surface area contributed by atoms with E-state index >= 15 is 0 Å². The van der Waals surface area contributed by atoms with Crippen LogP contribution in [0.3, 0.4) is 0 Å². The van der Waals surface area contributed by atoms with E-state index in [4.69, 9.17) is 5.84 Å². The zero-order valence-electron chi connectivity index (χ0n) is 10.4. The molecule has 0 aromatic heterocycles. The third-order valence-electron chi connectivity index (χ3n) is 2.71. The van der Waals surface area contributed by atoms with E-state index in [9.17, 15) is 19.8 Å². The van der Waals surface area contributed by atoms with Gasteiger partial charge in [-0.3, -0.25) is 9.59 Å². The molecule has 2 aromatic carbocycles. The summed E-state index contributed by atoms with van der Waals surface area (Å²) >= 11 is 0. The molecule has 2 aromatic rings. The minimum atomic E-state index is -0.864. The molecule has 0 atom stereocenters. The number of rotatable bonds is 2. The number of hydrogen-bond acceptors (Lipinski definition) is 5. The van der Waals surface area contributed by atoms with Crippen LogP contribution in [0, 0.1) is 0 Å². The number of aromatic hydroxyl groups is 2. The van der Waals surface area contributed by atoms with E-state index in [0.29, 0.717) is 5.01 Å². The molecule has 0 aliphatic rings. The summed E-state index contributed by atoms with van der Waals surface area (Å²) in [6.45, 7) is 0. The number of nitrogens with two attached hydrogens (primary N) is 1. The van der Waals surface area contributed by atoms with Gasteiger partial charge in [0.05, 0.1) is 11.1 Å². The largest absolute Gasteiger partial charge is 0.507 e. The van der Waals surface area contributed by atoms with Gasteiger partial charge in [0.25, 0.3) is 11.8 Å². The molecule has 0 bridgehead atoms. The highest BCUT2D eigenvalue weighted by Gasteiger charge is 2.24. The average molecular weight is 272 g/mol. The van der Waals surface area contributed by atoms with E-state index in [1.165, 1.54) is 48.5 Å². The maximum atomic E-state index is 12.0. The van der Waals surface area contributed by atoms with Gasteiger partial charge in [0.1, 0.15) is 11.5 Å². The normalized spacial score (nSPS) is 10.1. The van der Waals surface area contributed by atoms with Gasteiger partial charge in [-0.1, -0.05) is 24.3 Å². The molecule has 0 aliphatic carbocycles. The summed E-state index contributed by atoms with van der Waals surface area (Å²) in [5.74, 6) is 3.19. The Kier molecular flexibility index (Phi) is 3.67. The molecule has 0 saturated heterocycles. The number of hydrazine groups is 1. The molecule has 6 nitrogen and oxygen atoms in total. The quantitative estimate of drug-likeness (QED) is 0.330. The molecule has 4 N–H and O–H groups in total. The molecule has 0 fully saturated rings. The fourth-order valence-corrected chi connectivity index (χ4v) is 1.66. The van der Waals surface area contributed by atoms with E-state index in [1.54, 1.807) is 0 Å². The van der Waals surface area contributed by atoms with Gasteiger partial charge in [-0.25, -0.2) is 10.9 Å². The van der Waals surface area contributed by atoms with Crippen molar-refractivity contribution >= 4 is 11.8 Å². The Bertz CT molecular complexity index is 612. The lowest BCUT2D eigenvalue weighted by molar-refractivity contribution is 0.0612. The Morgan fingerprint density at radius 2 is 1.15 bits per heavy atom. The fraction of sp³-hybridized carbons (Fsp3) is 0. The van der Waals surface area contributed by atoms with Crippen LogP contribution in [-0.4, -0.2) is 27.0 Å². The monoisotopic (exact) mass is 272 g/mol. The van der Waals surface area contributed by atoms with E-state index in [2.05, 4.69) is 0 Å². The molecule has 2 rings (SSSR count). The Hall–Kier alpha value is -2.86. The Balaban J connectivity index is 2.30. The minimum Gasteiger partial charge on any atom is -0.507 e. The highest BCUT2D eigenvalue weighted by molar-refractivity contribution is 6.11. The minimum absolute atomic E-state index is 0.0984. The van der Waals surface area contributed by atoms with Gasteiger partial charge in [0, 0.05) is 0 Å². The van der Waals surface area contributed by atoms with E-state index in [1.807, 2.05) is 0 Å². The lowest BCUT2D eigenvalue weighted by Crippen LogP contribution is -2.42. The maximum Gasteiger partial charge on any atom is 0.278 e. The van der Waals surface area contributed by atoms with E-state index in [-0.39, 0.29) is 22.6 Å². The van der Waals surface area contributed by atoms with Gasteiger partial charge in [0.15, 0.2) is 0 Å². The molecule has 0 saturated carbocycles. The summed E-state index contributed by atoms with van der Waals surface area (Å²) in [4.78, 5) is 24.1. The summed E-state index contributed by atoms with van der Waals surface area (Å²) in [7, 11) is 0. The molecule has 0 unspecified atom stereocenters. The van der Waals surface area contributed by atoms with Gasteiger partial charge < -0.3 is 10.2 Å². The molecule has 20 heavy (non-hydrogen) atoms.